The lowest BCUT2D eigenvalue weighted by Gasteiger charge is -2.18. The van der Waals surface area contributed by atoms with Crippen molar-refractivity contribution in [2.45, 2.75) is 52.2 Å². The van der Waals surface area contributed by atoms with Crippen molar-refractivity contribution in [1.29, 1.82) is 0 Å². The molecule has 5 nitrogen and oxygen atoms in total. The van der Waals surface area contributed by atoms with Crippen molar-refractivity contribution in [2.75, 3.05) is 20.8 Å². The molecule has 0 saturated carbocycles. The molecule has 1 atom stereocenters. The first-order valence-electron chi connectivity index (χ1n) is 8.10. The van der Waals surface area contributed by atoms with E-state index in [0.717, 1.165) is 18.4 Å². The van der Waals surface area contributed by atoms with Crippen LogP contribution >= 0.6 is 0 Å². The highest BCUT2D eigenvalue weighted by molar-refractivity contribution is 5.76. The highest BCUT2D eigenvalue weighted by Gasteiger charge is 2.13. The summed E-state index contributed by atoms with van der Waals surface area (Å²) in [6, 6.07) is 5.67. The van der Waals surface area contributed by atoms with Gasteiger partial charge >= 0.3 is 0 Å². The first-order valence-corrected chi connectivity index (χ1v) is 8.10. The zero-order valence-electron chi connectivity index (χ0n) is 14.8. The van der Waals surface area contributed by atoms with Gasteiger partial charge in [0.1, 0.15) is 0 Å². The maximum absolute atomic E-state index is 11.9. The van der Waals surface area contributed by atoms with E-state index in [1.807, 2.05) is 39.0 Å². The summed E-state index contributed by atoms with van der Waals surface area (Å²) >= 11 is 0. The number of ether oxygens (including phenoxy) is 3. The van der Waals surface area contributed by atoms with Crippen molar-refractivity contribution in [2.24, 2.45) is 0 Å². The van der Waals surface area contributed by atoms with E-state index in [4.69, 9.17) is 14.2 Å². The number of amides is 1. The van der Waals surface area contributed by atoms with Gasteiger partial charge in [-0.05, 0) is 51.3 Å². The Morgan fingerprint density at radius 1 is 1.13 bits per heavy atom. The summed E-state index contributed by atoms with van der Waals surface area (Å²) in [6.45, 7) is 6.60. The molecule has 1 rings (SSSR count). The third-order valence-corrected chi connectivity index (χ3v) is 3.43. The summed E-state index contributed by atoms with van der Waals surface area (Å²) in [4.78, 5) is 11.9. The smallest absolute Gasteiger partial charge is 0.220 e. The van der Waals surface area contributed by atoms with Gasteiger partial charge < -0.3 is 19.5 Å². The normalized spacial score (nSPS) is 12.1. The van der Waals surface area contributed by atoms with Crippen LogP contribution < -0.4 is 14.8 Å². The lowest BCUT2D eigenvalue weighted by molar-refractivity contribution is -0.121. The molecule has 0 aliphatic heterocycles. The van der Waals surface area contributed by atoms with E-state index >= 15 is 0 Å². The monoisotopic (exact) mass is 323 g/mol. The summed E-state index contributed by atoms with van der Waals surface area (Å²) in [5.74, 6) is 1.44. The number of methoxy groups -OCH3 is 2. The van der Waals surface area contributed by atoms with Crippen molar-refractivity contribution in [3.8, 4) is 11.5 Å². The van der Waals surface area contributed by atoms with Gasteiger partial charge in [0.2, 0.25) is 5.91 Å². The molecule has 1 amide bonds. The number of unbranched alkanes of at least 4 members (excludes halogenated alkanes) is 1. The zero-order chi connectivity index (χ0) is 17.2. The molecule has 0 radical (unpaired) electrons. The number of carbonyl (C=O) groups is 1. The molecule has 1 aromatic rings. The van der Waals surface area contributed by atoms with Crippen LogP contribution in [0.4, 0.5) is 0 Å². The quantitative estimate of drug-likeness (QED) is 0.670. The highest BCUT2D eigenvalue weighted by Crippen LogP contribution is 2.31. The fraction of sp³-hybridized carbons (Fsp3) is 0.611. The Hall–Kier alpha value is -1.75. The molecule has 130 valence electrons. The Morgan fingerprint density at radius 3 is 2.48 bits per heavy atom. The molecule has 0 aliphatic rings. The minimum Gasteiger partial charge on any atom is -0.493 e. The third-order valence-electron chi connectivity index (χ3n) is 3.43. The van der Waals surface area contributed by atoms with E-state index in [0.29, 0.717) is 24.5 Å². The minimum absolute atomic E-state index is 0.0510. The molecule has 0 bridgehead atoms. The van der Waals surface area contributed by atoms with Crippen molar-refractivity contribution < 1.29 is 19.0 Å². The van der Waals surface area contributed by atoms with E-state index in [-0.39, 0.29) is 18.1 Å². The second kappa shape index (κ2) is 10.1. The molecule has 5 heteroatoms. The molecular formula is C18H29NO4. The molecule has 0 spiro atoms. The topological polar surface area (TPSA) is 56.8 Å². The van der Waals surface area contributed by atoms with Gasteiger partial charge in [0.25, 0.3) is 0 Å². The maximum Gasteiger partial charge on any atom is 0.220 e. The standard InChI is InChI=1S/C18H29NO4/c1-13(2)23-16-10-9-15(12-17(16)22-5)14(3)19-18(20)8-6-7-11-21-4/h9-10,12-14H,6-8,11H2,1-5H3,(H,19,20). The summed E-state index contributed by atoms with van der Waals surface area (Å²) in [5.41, 5.74) is 0.989. The van der Waals surface area contributed by atoms with Gasteiger partial charge in [-0.3, -0.25) is 4.79 Å². The van der Waals surface area contributed by atoms with Gasteiger partial charge in [0.15, 0.2) is 11.5 Å². The van der Waals surface area contributed by atoms with E-state index in [1.165, 1.54) is 0 Å². The Balaban J connectivity index is 2.61. The van der Waals surface area contributed by atoms with Crippen LogP contribution in [0.15, 0.2) is 18.2 Å². The Kier molecular flexibility index (Phi) is 8.48. The summed E-state index contributed by atoms with van der Waals surface area (Å²) in [6.07, 6.45) is 2.32. The van der Waals surface area contributed by atoms with E-state index in [9.17, 15) is 4.79 Å². The van der Waals surface area contributed by atoms with Gasteiger partial charge in [-0.1, -0.05) is 6.07 Å². The van der Waals surface area contributed by atoms with Crippen LogP contribution in [0.25, 0.3) is 0 Å². The minimum atomic E-state index is -0.0769. The van der Waals surface area contributed by atoms with Gasteiger partial charge in [-0.2, -0.15) is 0 Å². The Labute approximate surface area is 139 Å². The molecule has 1 unspecified atom stereocenters. The van der Waals surface area contributed by atoms with Crippen molar-refractivity contribution in [3.63, 3.8) is 0 Å². The molecule has 1 N–H and O–H groups in total. The summed E-state index contributed by atoms with van der Waals surface area (Å²) in [5, 5.41) is 3.01. The third kappa shape index (κ3) is 6.91. The van der Waals surface area contributed by atoms with E-state index < -0.39 is 0 Å². The number of carbonyl (C=O) groups excluding carboxylic acids is 1. The Morgan fingerprint density at radius 2 is 1.87 bits per heavy atom. The van der Waals surface area contributed by atoms with Crippen LogP contribution in [0.2, 0.25) is 0 Å². The maximum atomic E-state index is 11.9. The van der Waals surface area contributed by atoms with Crippen LogP contribution in [0.1, 0.15) is 51.6 Å². The van der Waals surface area contributed by atoms with E-state index in [1.54, 1.807) is 14.2 Å². The number of hydrogen-bond donors (Lipinski definition) is 1. The van der Waals surface area contributed by atoms with Crippen molar-refractivity contribution in [1.82, 2.24) is 5.32 Å². The summed E-state index contributed by atoms with van der Waals surface area (Å²) in [7, 11) is 3.29. The van der Waals surface area contributed by atoms with Crippen LogP contribution in [-0.4, -0.2) is 32.8 Å². The van der Waals surface area contributed by atoms with Crippen LogP contribution in [0.5, 0.6) is 11.5 Å². The van der Waals surface area contributed by atoms with E-state index in [2.05, 4.69) is 5.32 Å². The molecule has 0 fully saturated rings. The second-order valence-electron chi connectivity index (χ2n) is 5.82. The molecular weight excluding hydrogens is 294 g/mol. The van der Waals surface area contributed by atoms with Gasteiger partial charge in [0.05, 0.1) is 19.3 Å². The lowest BCUT2D eigenvalue weighted by Crippen LogP contribution is -2.26. The largest absolute Gasteiger partial charge is 0.493 e. The van der Waals surface area contributed by atoms with Crippen LogP contribution in [0, 0.1) is 0 Å². The fourth-order valence-corrected chi connectivity index (χ4v) is 2.23. The fourth-order valence-electron chi connectivity index (χ4n) is 2.23. The average molecular weight is 323 g/mol. The molecule has 0 aliphatic carbocycles. The van der Waals surface area contributed by atoms with Crippen LogP contribution in [0.3, 0.4) is 0 Å². The van der Waals surface area contributed by atoms with Crippen molar-refractivity contribution >= 4 is 5.91 Å². The summed E-state index contributed by atoms with van der Waals surface area (Å²) < 4.78 is 16.1. The number of rotatable bonds is 10. The van der Waals surface area contributed by atoms with Gasteiger partial charge in [-0.15, -0.1) is 0 Å². The molecule has 23 heavy (non-hydrogen) atoms. The predicted molar refractivity (Wildman–Crippen MR) is 91.0 cm³/mol. The molecule has 0 saturated heterocycles. The van der Waals surface area contributed by atoms with Crippen LogP contribution in [-0.2, 0) is 9.53 Å². The molecule has 0 heterocycles. The first kappa shape index (κ1) is 19.3. The number of hydrogen-bond acceptors (Lipinski definition) is 4. The lowest BCUT2D eigenvalue weighted by atomic mass is 10.1. The van der Waals surface area contributed by atoms with Gasteiger partial charge in [-0.25, -0.2) is 0 Å². The number of nitrogens with one attached hydrogen (secondary N) is 1. The van der Waals surface area contributed by atoms with Gasteiger partial charge in [0, 0.05) is 20.1 Å². The zero-order valence-corrected chi connectivity index (χ0v) is 14.8. The second-order valence-corrected chi connectivity index (χ2v) is 5.82. The predicted octanol–water partition coefficient (Wildman–Crippen LogP) is 3.48. The number of benzene rings is 1. The SMILES string of the molecule is COCCCCC(=O)NC(C)c1ccc(OC(C)C)c(OC)c1. The highest BCUT2D eigenvalue weighted by atomic mass is 16.5. The molecule has 0 aromatic heterocycles. The molecule has 1 aromatic carbocycles. The average Bonchev–Trinajstić information content (AvgIpc) is 2.51. The Bertz CT molecular complexity index is 488. The van der Waals surface area contributed by atoms with Crippen molar-refractivity contribution in [3.05, 3.63) is 23.8 Å². The first-order chi connectivity index (χ1) is 11.0.